The minimum atomic E-state index is -1.01. The summed E-state index contributed by atoms with van der Waals surface area (Å²) in [5.41, 5.74) is 5.19. The second kappa shape index (κ2) is 5.50. The zero-order chi connectivity index (χ0) is 10.4. The molecule has 0 aromatic heterocycles. The number of aliphatic hydroxyl groups is 1. The minimum Gasteiger partial charge on any atom is -0.467 e. The largest absolute Gasteiger partial charge is 0.467 e. The van der Waals surface area contributed by atoms with E-state index in [4.69, 9.17) is 10.8 Å². The maximum absolute atomic E-state index is 11.0. The predicted octanol–water partition coefficient (Wildman–Crippen LogP) is -2.02. The first-order valence-corrected chi connectivity index (χ1v) is 3.77. The molecule has 1 amide bonds. The molecule has 0 saturated heterocycles. The Morgan fingerprint density at radius 3 is 2.54 bits per heavy atom. The zero-order valence-electron chi connectivity index (χ0n) is 7.61. The van der Waals surface area contributed by atoms with E-state index in [2.05, 4.69) is 10.1 Å². The van der Waals surface area contributed by atoms with Gasteiger partial charge in [-0.05, 0) is 6.92 Å². The summed E-state index contributed by atoms with van der Waals surface area (Å²) in [5.74, 6) is -1.14. The summed E-state index contributed by atoms with van der Waals surface area (Å²) >= 11 is 0. The lowest BCUT2D eigenvalue weighted by molar-refractivity contribution is -0.144. The number of esters is 1. The molecule has 2 atom stereocenters. The van der Waals surface area contributed by atoms with E-state index in [-0.39, 0.29) is 0 Å². The summed E-state index contributed by atoms with van der Waals surface area (Å²) in [4.78, 5) is 21.8. The van der Waals surface area contributed by atoms with Crippen molar-refractivity contribution in [3.05, 3.63) is 0 Å². The molecule has 0 aromatic rings. The van der Waals surface area contributed by atoms with Crippen molar-refractivity contribution in [3.8, 4) is 0 Å². The zero-order valence-corrected chi connectivity index (χ0v) is 7.61. The van der Waals surface area contributed by atoms with Crippen molar-refractivity contribution < 1.29 is 19.4 Å². The minimum absolute atomic E-state index is 0.459. The molecule has 13 heavy (non-hydrogen) atoms. The SMILES string of the molecule is COC(=O)[C@@H](C)NC(=O)[C@@H](N)CO. The molecule has 0 aliphatic carbocycles. The van der Waals surface area contributed by atoms with Gasteiger partial charge in [0.25, 0.3) is 0 Å². The third kappa shape index (κ3) is 3.86. The number of nitrogens with two attached hydrogens (primary N) is 1. The van der Waals surface area contributed by atoms with Gasteiger partial charge in [-0.15, -0.1) is 0 Å². The first kappa shape index (κ1) is 11.9. The van der Waals surface area contributed by atoms with Gasteiger partial charge < -0.3 is 20.9 Å². The van der Waals surface area contributed by atoms with Crippen LogP contribution in [-0.4, -0.2) is 42.8 Å². The summed E-state index contributed by atoms with van der Waals surface area (Å²) in [7, 11) is 1.22. The smallest absolute Gasteiger partial charge is 0.328 e. The summed E-state index contributed by atoms with van der Waals surface area (Å²) in [6.45, 7) is 1.01. The van der Waals surface area contributed by atoms with Crippen LogP contribution in [0.1, 0.15) is 6.92 Å². The summed E-state index contributed by atoms with van der Waals surface area (Å²) in [6.07, 6.45) is 0. The van der Waals surface area contributed by atoms with Gasteiger partial charge in [0.1, 0.15) is 12.1 Å². The fourth-order valence-corrected chi connectivity index (χ4v) is 0.639. The third-order valence-electron chi connectivity index (χ3n) is 1.45. The lowest BCUT2D eigenvalue weighted by Gasteiger charge is -2.13. The van der Waals surface area contributed by atoms with Crippen LogP contribution in [0.15, 0.2) is 0 Å². The summed E-state index contributed by atoms with van der Waals surface area (Å²) in [6, 6.07) is -1.76. The van der Waals surface area contributed by atoms with Gasteiger partial charge in [0, 0.05) is 0 Å². The lowest BCUT2D eigenvalue weighted by Crippen LogP contribution is -2.48. The number of carbonyl (C=O) groups excluding carboxylic acids is 2. The van der Waals surface area contributed by atoms with E-state index in [1.807, 2.05) is 0 Å². The third-order valence-corrected chi connectivity index (χ3v) is 1.45. The number of hydrogen-bond donors (Lipinski definition) is 3. The Hall–Kier alpha value is -1.14. The molecule has 0 rings (SSSR count). The molecule has 0 heterocycles. The van der Waals surface area contributed by atoms with E-state index >= 15 is 0 Å². The highest BCUT2D eigenvalue weighted by molar-refractivity contribution is 5.87. The molecule has 76 valence electrons. The van der Waals surface area contributed by atoms with Crippen LogP contribution < -0.4 is 11.1 Å². The quantitative estimate of drug-likeness (QED) is 0.444. The average molecular weight is 190 g/mol. The number of hydrogen-bond acceptors (Lipinski definition) is 5. The van der Waals surface area contributed by atoms with Crippen LogP contribution >= 0.6 is 0 Å². The standard InChI is InChI=1S/C7H14N2O4/c1-4(7(12)13-2)9-6(11)5(8)3-10/h4-5,10H,3,8H2,1-2H3,(H,9,11)/t4-,5+/m1/s1. The highest BCUT2D eigenvalue weighted by Gasteiger charge is 2.19. The fourth-order valence-electron chi connectivity index (χ4n) is 0.639. The van der Waals surface area contributed by atoms with E-state index in [0.717, 1.165) is 0 Å². The molecular formula is C7H14N2O4. The molecule has 0 spiro atoms. The average Bonchev–Trinajstić information content (AvgIpc) is 2.14. The molecule has 0 unspecified atom stereocenters. The lowest BCUT2D eigenvalue weighted by atomic mass is 10.2. The number of ether oxygens (including phenoxy) is 1. The molecule has 0 aliphatic heterocycles. The summed E-state index contributed by atoms with van der Waals surface area (Å²) < 4.78 is 4.37. The fraction of sp³-hybridized carbons (Fsp3) is 0.714. The van der Waals surface area contributed by atoms with Crippen molar-refractivity contribution >= 4 is 11.9 Å². The maximum Gasteiger partial charge on any atom is 0.328 e. The number of nitrogens with one attached hydrogen (secondary N) is 1. The van der Waals surface area contributed by atoms with Crippen molar-refractivity contribution in [2.45, 2.75) is 19.0 Å². The second-order valence-electron chi connectivity index (χ2n) is 2.54. The van der Waals surface area contributed by atoms with Gasteiger partial charge in [-0.25, -0.2) is 4.79 Å². The molecule has 0 aliphatic rings. The predicted molar refractivity (Wildman–Crippen MR) is 44.7 cm³/mol. The number of rotatable bonds is 4. The topological polar surface area (TPSA) is 102 Å². The number of aliphatic hydroxyl groups excluding tert-OH is 1. The second-order valence-corrected chi connectivity index (χ2v) is 2.54. The molecule has 0 saturated carbocycles. The van der Waals surface area contributed by atoms with Crippen LogP contribution in [0.2, 0.25) is 0 Å². The van der Waals surface area contributed by atoms with Gasteiger partial charge in [-0.1, -0.05) is 0 Å². The molecule has 0 bridgehead atoms. The van der Waals surface area contributed by atoms with Gasteiger partial charge in [-0.3, -0.25) is 4.79 Å². The van der Waals surface area contributed by atoms with Crippen LogP contribution in [0.3, 0.4) is 0 Å². The van der Waals surface area contributed by atoms with Crippen molar-refractivity contribution in [1.82, 2.24) is 5.32 Å². The molecule has 0 aromatic carbocycles. The number of methoxy groups -OCH3 is 1. The summed E-state index contributed by atoms with van der Waals surface area (Å²) in [5, 5.41) is 10.8. The molecule has 4 N–H and O–H groups in total. The highest BCUT2D eigenvalue weighted by atomic mass is 16.5. The Kier molecular flexibility index (Phi) is 5.01. The molecule has 6 heteroatoms. The van der Waals surface area contributed by atoms with Gasteiger partial charge in [-0.2, -0.15) is 0 Å². The van der Waals surface area contributed by atoms with Crippen molar-refractivity contribution in [3.63, 3.8) is 0 Å². The monoisotopic (exact) mass is 190 g/mol. The highest BCUT2D eigenvalue weighted by Crippen LogP contribution is 1.87. The molecule has 0 radical (unpaired) electrons. The van der Waals surface area contributed by atoms with E-state index in [1.54, 1.807) is 0 Å². The van der Waals surface area contributed by atoms with E-state index in [0.29, 0.717) is 0 Å². The van der Waals surface area contributed by atoms with Gasteiger partial charge >= 0.3 is 5.97 Å². The molecule has 6 nitrogen and oxygen atoms in total. The van der Waals surface area contributed by atoms with Crippen LogP contribution in [0, 0.1) is 0 Å². The van der Waals surface area contributed by atoms with Crippen LogP contribution in [0.25, 0.3) is 0 Å². The Balaban J connectivity index is 3.98. The van der Waals surface area contributed by atoms with Gasteiger partial charge in [0.15, 0.2) is 0 Å². The Labute approximate surface area is 76.0 Å². The van der Waals surface area contributed by atoms with Gasteiger partial charge in [0.05, 0.1) is 13.7 Å². The van der Waals surface area contributed by atoms with Crippen LogP contribution in [-0.2, 0) is 14.3 Å². The molecule has 0 fully saturated rings. The Morgan fingerprint density at radius 1 is 1.62 bits per heavy atom. The van der Waals surface area contributed by atoms with Gasteiger partial charge in [0.2, 0.25) is 5.91 Å². The van der Waals surface area contributed by atoms with Crippen LogP contribution in [0.4, 0.5) is 0 Å². The van der Waals surface area contributed by atoms with E-state index in [9.17, 15) is 9.59 Å². The Bertz CT molecular complexity index is 195. The number of carbonyl (C=O) groups is 2. The first-order chi connectivity index (χ1) is 6.02. The first-order valence-electron chi connectivity index (χ1n) is 3.77. The maximum atomic E-state index is 11.0. The van der Waals surface area contributed by atoms with Crippen molar-refractivity contribution in [1.29, 1.82) is 0 Å². The number of amides is 1. The molecular weight excluding hydrogens is 176 g/mol. The van der Waals surface area contributed by atoms with E-state index < -0.39 is 30.6 Å². The van der Waals surface area contributed by atoms with Crippen LogP contribution in [0.5, 0.6) is 0 Å². The van der Waals surface area contributed by atoms with E-state index in [1.165, 1.54) is 14.0 Å². The normalized spacial score (nSPS) is 14.5. The Morgan fingerprint density at radius 2 is 2.15 bits per heavy atom. The van der Waals surface area contributed by atoms with Crippen molar-refractivity contribution in [2.75, 3.05) is 13.7 Å². The van der Waals surface area contributed by atoms with Crippen molar-refractivity contribution in [2.24, 2.45) is 5.73 Å².